The summed E-state index contributed by atoms with van der Waals surface area (Å²) in [7, 11) is 0. The third-order valence-corrected chi connectivity index (χ3v) is 8.34. The van der Waals surface area contributed by atoms with Crippen LogP contribution in [0.15, 0.2) is 48.5 Å². The molecule has 11 heteroatoms. The normalized spacial score (nSPS) is 20.4. The number of hydrogen-bond acceptors (Lipinski definition) is 7. The molecule has 3 aliphatic rings. The van der Waals surface area contributed by atoms with Crippen LogP contribution in [-0.2, 0) is 4.74 Å². The van der Waals surface area contributed by atoms with Crippen LogP contribution in [0.1, 0.15) is 31.2 Å². The van der Waals surface area contributed by atoms with E-state index in [0.717, 1.165) is 69.2 Å². The Hall–Kier alpha value is -2.66. The topological polar surface area (TPSA) is 57.4 Å². The van der Waals surface area contributed by atoms with Gasteiger partial charge in [0.05, 0.1) is 23.9 Å². The highest BCUT2D eigenvalue weighted by molar-refractivity contribution is 6.33. The molecular weight excluding hydrogens is 555 g/mol. The first-order valence-corrected chi connectivity index (χ1v) is 14.8. The van der Waals surface area contributed by atoms with Gasteiger partial charge in [0, 0.05) is 49.7 Å². The molecule has 0 aliphatic carbocycles. The third kappa shape index (κ3) is 7.80. The van der Waals surface area contributed by atoms with E-state index in [1.807, 2.05) is 24.3 Å². The monoisotopic (exact) mass is 593 g/mol. The molecule has 0 bridgehead atoms. The van der Waals surface area contributed by atoms with Crippen LogP contribution in [0.5, 0.6) is 5.75 Å². The molecule has 0 saturated carbocycles. The molecule has 0 radical (unpaired) electrons. The second-order valence-electron chi connectivity index (χ2n) is 10.8. The number of rotatable bonds is 10. The van der Waals surface area contributed by atoms with Crippen molar-refractivity contribution >= 4 is 28.7 Å². The Bertz CT molecular complexity index is 1170. The van der Waals surface area contributed by atoms with E-state index in [0.29, 0.717) is 30.5 Å². The summed E-state index contributed by atoms with van der Waals surface area (Å²) in [4.78, 5) is 9.37. The predicted octanol–water partition coefficient (Wildman–Crippen LogP) is 5.40. The van der Waals surface area contributed by atoms with Crippen molar-refractivity contribution in [2.75, 3.05) is 75.4 Å². The molecule has 2 aromatic rings. The number of nitrogens with two attached hydrogens (primary N) is 1. The molecule has 7 nitrogen and oxygen atoms in total. The van der Waals surface area contributed by atoms with Crippen molar-refractivity contribution in [1.82, 2.24) is 9.80 Å². The molecule has 41 heavy (non-hydrogen) atoms. The SMILES string of the molecule is NC1=CC(N(CCN2CCOCC2)c2ccc(OC(F)(F)F)cc2)N(CCCN2CCCCC2)c2c(Cl)cccc21. The Labute approximate surface area is 245 Å². The van der Waals surface area contributed by atoms with Gasteiger partial charge in [-0.3, -0.25) is 4.90 Å². The fraction of sp³-hybridized carbons (Fsp3) is 0.533. The molecule has 2 aromatic carbocycles. The van der Waals surface area contributed by atoms with Gasteiger partial charge < -0.3 is 29.9 Å². The van der Waals surface area contributed by atoms with E-state index in [4.69, 9.17) is 22.1 Å². The highest BCUT2D eigenvalue weighted by Crippen LogP contribution is 2.40. The minimum atomic E-state index is -4.75. The molecule has 0 amide bonds. The summed E-state index contributed by atoms with van der Waals surface area (Å²) in [5.41, 5.74) is 9.83. The Kier molecular flexibility index (Phi) is 9.85. The van der Waals surface area contributed by atoms with E-state index in [2.05, 4.69) is 24.3 Å². The van der Waals surface area contributed by atoms with E-state index < -0.39 is 6.36 Å². The highest BCUT2D eigenvalue weighted by atomic mass is 35.5. The largest absolute Gasteiger partial charge is 0.573 e. The van der Waals surface area contributed by atoms with Gasteiger partial charge in [0.15, 0.2) is 0 Å². The first-order chi connectivity index (χ1) is 19.8. The molecule has 3 aliphatic heterocycles. The predicted molar refractivity (Wildman–Crippen MR) is 157 cm³/mol. The van der Waals surface area contributed by atoms with Crippen LogP contribution in [0.4, 0.5) is 24.5 Å². The highest BCUT2D eigenvalue weighted by Gasteiger charge is 2.33. The number of ether oxygens (including phenoxy) is 2. The molecule has 3 heterocycles. The second-order valence-corrected chi connectivity index (χ2v) is 11.2. The van der Waals surface area contributed by atoms with Crippen molar-refractivity contribution in [3.8, 4) is 5.75 Å². The molecule has 224 valence electrons. The van der Waals surface area contributed by atoms with Crippen LogP contribution in [0.2, 0.25) is 5.02 Å². The Balaban J connectivity index is 1.44. The molecular formula is C30H39ClF3N5O2. The van der Waals surface area contributed by atoms with Crippen molar-refractivity contribution in [3.63, 3.8) is 0 Å². The second kappa shape index (κ2) is 13.5. The van der Waals surface area contributed by atoms with Crippen molar-refractivity contribution in [2.24, 2.45) is 5.73 Å². The van der Waals surface area contributed by atoms with Crippen LogP contribution in [-0.4, -0.2) is 87.9 Å². The quantitative estimate of drug-likeness (QED) is 0.396. The molecule has 2 saturated heterocycles. The van der Waals surface area contributed by atoms with Crippen LogP contribution >= 0.6 is 11.6 Å². The number of hydrogen-bond donors (Lipinski definition) is 1. The number of fused-ring (bicyclic) bond motifs is 1. The number of nitrogens with zero attached hydrogens (tertiary/aromatic N) is 4. The molecule has 2 N–H and O–H groups in total. The van der Waals surface area contributed by atoms with E-state index in [1.54, 1.807) is 12.1 Å². The fourth-order valence-corrected chi connectivity index (χ4v) is 6.27. The molecule has 0 aromatic heterocycles. The number of likely N-dealkylation sites (tertiary alicyclic amines) is 1. The van der Waals surface area contributed by atoms with Crippen LogP contribution in [0.3, 0.4) is 0 Å². The van der Waals surface area contributed by atoms with Gasteiger partial charge in [-0.05, 0) is 75.3 Å². The average Bonchev–Trinajstić information content (AvgIpc) is 2.96. The van der Waals surface area contributed by atoms with Crippen molar-refractivity contribution in [3.05, 3.63) is 59.1 Å². The first-order valence-electron chi connectivity index (χ1n) is 14.5. The van der Waals surface area contributed by atoms with Crippen molar-refractivity contribution in [1.29, 1.82) is 0 Å². The lowest BCUT2D eigenvalue weighted by molar-refractivity contribution is -0.274. The van der Waals surface area contributed by atoms with E-state index in [1.165, 1.54) is 31.4 Å². The maximum Gasteiger partial charge on any atom is 0.573 e. The minimum Gasteiger partial charge on any atom is -0.406 e. The zero-order valence-electron chi connectivity index (χ0n) is 23.3. The standard InChI is InChI=1S/C30H39ClF3N5O2/c31-26-7-4-6-25-27(35)22-28(39(29(25)26)15-5-14-36-12-2-1-3-13-36)38(17-16-37-18-20-40-21-19-37)23-8-10-24(11-9-23)41-30(32,33)34/h4,6-11,22,28H,1-3,5,12-21,35H2. The van der Waals surface area contributed by atoms with Crippen LogP contribution in [0.25, 0.3) is 5.70 Å². The van der Waals surface area contributed by atoms with Crippen molar-refractivity contribution in [2.45, 2.75) is 38.2 Å². The van der Waals surface area contributed by atoms with Gasteiger partial charge in [0.25, 0.3) is 0 Å². The van der Waals surface area contributed by atoms with Gasteiger partial charge in [-0.25, -0.2) is 0 Å². The third-order valence-electron chi connectivity index (χ3n) is 8.04. The van der Waals surface area contributed by atoms with Crippen LogP contribution < -0.4 is 20.3 Å². The summed E-state index contributed by atoms with van der Waals surface area (Å²) >= 11 is 6.83. The zero-order valence-corrected chi connectivity index (χ0v) is 24.0. The van der Waals surface area contributed by atoms with Gasteiger partial charge in [0.2, 0.25) is 0 Å². The van der Waals surface area contributed by atoms with Crippen molar-refractivity contribution < 1.29 is 22.6 Å². The summed E-state index contributed by atoms with van der Waals surface area (Å²) in [6.07, 6.45) is 1.74. The number of benzene rings is 2. The first kappa shape index (κ1) is 29.8. The summed E-state index contributed by atoms with van der Waals surface area (Å²) in [5.74, 6) is -0.250. The number of anilines is 2. The number of alkyl halides is 3. The summed E-state index contributed by atoms with van der Waals surface area (Å²) in [6, 6.07) is 11.9. The van der Waals surface area contributed by atoms with Gasteiger partial charge in [-0.1, -0.05) is 30.2 Å². The Morgan fingerprint density at radius 2 is 1.63 bits per heavy atom. The lowest BCUT2D eigenvalue weighted by Gasteiger charge is -2.45. The lowest BCUT2D eigenvalue weighted by Crippen LogP contribution is -2.53. The van der Waals surface area contributed by atoms with Gasteiger partial charge >= 0.3 is 6.36 Å². The summed E-state index contributed by atoms with van der Waals surface area (Å²) < 4.78 is 48.2. The Morgan fingerprint density at radius 1 is 0.927 bits per heavy atom. The van der Waals surface area contributed by atoms with Gasteiger partial charge in [-0.15, -0.1) is 13.2 Å². The van der Waals surface area contributed by atoms with Gasteiger partial charge in [0.1, 0.15) is 11.9 Å². The zero-order chi connectivity index (χ0) is 28.8. The van der Waals surface area contributed by atoms with E-state index in [9.17, 15) is 13.2 Å². The smallest absolute Gasteiger partial charge is 0.406 e. The maximum absolute atomic E-state index is 12.9. The molecule has 2 fully saturated rings. The van der Waals surface area contributed by atoms with E-state index >= 15 is 0 Å². The number of halogens is 4. The van der Waals surface area contributed by atoms with E-state index in [-0.39, 0.29) is 11.9 Å². The average molecular weight is 594 g/mol. The fourth-order valence-electron chi connectivity index (χ4n) is 5.99. The maximum atomic E-state index is 12.9. The number of para-hydroxylation sites is 1. The molecule has 1 atom stereocenters. The lowest BCUT2D eigenvalue weighted by atomic mass is 10.0. The van der Waals surface area contributed by atoms with Crippen LogP contribution in [0, 0.1) is 0 Å². The molecule has 0 spiro atoms. The summed E-state index contributed by atoms with van der Waals surface area (Å²) in [6.45, 7) is 8.46. The molecule has 5 rings (SSSR count). The number of morpholine rings is 1. The number of piperidine rings is 1. The molecule has 1 unspecified atom stereocenters. The summed E-state index contributed by atoms with van der Waals surface area (Å²) in [5, 5.41) is 0.628. The van der Waals surface area contributed by atoms with Gasteiger partial charge in [-0.2, -0.15) is 0 Å². The minimum absolute atomic E-state index is 0.250. The Morgan fingerprint density at radius 3 is 2.34 bits per heavy atom.